The second kappa shape index (κ2) is 7.16. The van der Waals surface area contributed by atoms with E-state index in [-0.39, 0.29) is 11.0 Å². The van der Waals surface area contributed by atoms with Gasteiger partial charge in [0.15, 0.2) is 10.2 Å². The zero-order valence-corrected chi connectivity index (χ0v) is 15.7. The summed E-state index contributed by atoms with van der Waals surface area (Å²) in [6, 6.07) is 11.1. The van der Waals surface area contributed by atoms with Crippen LogP contribution in [0.2, 0.25) is 0 Å². The zero-order chi connectivity index (χ0) is 18.0. The highest BCUT2D eigenvalue weighted by Crippen LogP contribution is 2.29. The minimum absolute atomic E-state index is 0.209. The number of thiocarbonyl (C=S) groups is 1. The smallest absolute Gasteiger partial charge is 0.257 e. The fourth-order valence-corrected chi connectivity index (χ4v) is 3.79. The molecule has 5 nitrogen and oxygen atoms in total. The number of carbonyl (C=O) groups is 1. The standard InChI is InChI=1S/C18H17N3O2S2/c1-10-7-11(2)15-14(8-10)25-18(19-15)21-17(24)20-16(22)12-5-4-6-13(9-12)23-3/h4-9H,1-3H3,(H2,19,20,21,22,24). The number of thiazole rings is 1. The van der Waals surface area contributed by atoms with Crippen LogP contribution in [0.1, 0.15) is 21.5 Å². The maximum absolute atomic E-state index is 12.3. The van der Waals surface area contributed by atoms with Gasteiger partial charge in [-0.25, -0.2) is 4.98 Å². The third-order valence-corrected chi connectivity index (χ3v) is 4.73. The Hall–Kier alpha value is -2.51. The lowest BCUT2D eigenvalue weighted by Crippen LogP contribution is -2.34. The van der Waals surface area contributed by atoms with Crippen LogP contribution in [0.4, 0.5) is 5.13 Å². The number of hydrogen-bond donors (Lipinski definition) is 2. The number of nitrogens with zero attached hydrogens (tertiary/aromatic N) is 1. The molecule has 0 aliphatic rings. The summed E-state index contributed by atoms with van der Waals surface area (Å²) in [7, 11) is 1.56. The van der Waals surface area contributed by atoms with Crippen molar-refractivity contribution >= 4 is 49.9 Å². The van der Waals surface area contributed by atoms with E-state index in [0.717, 1.165) is 15.8 Å². The fraction of sp³-hybridized carbons (Fsp3) is 0.167. The van der Waals surface area contributed by atoms with Crippen LogP contribution in [-0.4, -0.2) is 23.1 Å². The Labute approximate surface area is 155 Å². The van der Waals surface area contributed by atoms with Crippen LogP contribution in [0.25, 0.3) is 10.2 Å². The summed E-state index contributed by atoms with van der Waals surface area (Å²) in [4.78, 5) is 16.8. The molecule has 0 aliphatic heterocycles. The van der Waals surface area contributed by atoms with Gasteiger partial charge in [-0.1, -0.05) is 23.5 Å². The summed E-state index contributed by atoms with van der Waals surface area (Å²) >= 11 is 6.73. The third kappa shape index (κ3) is 3.94. The van der Waals surface area contributed by atoms with Crippen molar-refractivity contribution in [3.05, 3.63) is 53.1 Å². The molecule has 3 rings (SSSR count). The number of benzene rings is 2. The Balaban J connectivity index is 1.72. The second-order valence-corrected chi connectivity index (χ2v) is 7.03. The first-order valence-corrected chi connectivity index (χ1v) is 8.83. The molecule has 3 aromatic rings. The lowest BCUT2D eigenvalue weighted by Gasteiger charge is -2.08. The molecule has 0 saturated heterocycles. The predicted octanol–water partition coefficient (Wildman–Crippen LogP) is 4.05. The van der Waals surface area contributed by atoms with Crippen molar-refractivity contribution in [3.63, 3.8) is 0 Å². The number of aromatic nitrogens is 1. The van der Waals surface area contributed by atoms with Gasteiger partial charge in [0, 0.05) is 5.56 Å². The van der Waals surface area contributed by atoms with Crippen molar-refractivity contribution in [1.82, 2.24) is 10.3 Å². The number of fused-ring (bicyclic) bond motifs is 1. The quantitative estimate of drug-likeness (QED) is 0.680. The highest BCUT2D eigenvalue weighted by atomic mass is 32.1. The van der Waals surface area contributed by atoms with Gasteiger partial charge in [0.2, 0.25) is 0 Å². The molecule has 0 unspecified atom stereocenters. The normalized spacial score (nSPS) is 10.5. The fourth-order valence-electron chi connectivity index (χ4n) is 2.49. The Morgan fingerprint density at radius 1 is 1.24 bits per heavy atom. The van der Waals surface area contributed by atoms with Crippen LogP contribution in [0.5, 0.6) is 5.75 Å². The van der Waals surface area contributed by atoms with E-state index in [1.165, 1.54) is 16.9 Å². The predicted molar refractivity (Wildman–Crippen MR) is 106 cm³/mol. The highest BCUT2D eigenvalue weighted by molar-refractivity contribution is 7.80. The summed E-state index contributed by atoms with van der Waals surface area (Å²) < 4.78 is 6.21. The van der Waals surface area contributed by atoms with E-state index in [1.807, 2.05) is 6.92 Å². The van der Waals surface area contributed by atoms with Gasteiger partial charge in [0.05, 0.1) is 17.3 Å². The van der Waals surface area contributed by atoms with Crippen LogP contribution >= 0.6 is 23.6 Å². The molecule has 25 heavy (non-hydrogen) atoms. The van der Waals surface area contributed by atoms with E-state index in [0.29, 0.717) is 16.4 Å². The maximum Gasteiger partial charge on any atom is 0.257 e. The number of hydrogen-bond acceptors (Lipinski definition) is 5. The van der Waals surface area contributed by atoms with Crippen molar-refractivity contribution in [2.75, 3.05) is 12.4 Å². The molecule has 0 saturated carbocycles. The van der Waals surface area contributed by atoms with Crippen LogP contribution in [-0.2, 0) is 0 Å². The van der Waals surface area contributed by atoms with Gasteiger partial charge in [-0.2, -0.15) is 0 Å². The second-order valence-electron chi connectivity index (χ2n) is 5.59. The van der Waals surface area contributed by atoms with Crippen molar-refractivity contribution in [1.29, 1.82) is 0 Å². The van der Waals surface area contributed by atoms with E-state index in [9.17, 15) is 4.79 Å². The summed E-state index contributed by atoms with van der Waals surface area (Å²) in [6.07, 6.45) is 0. The molecule has 7 heteroatoms. The van der Waals surface area contributed by atoms with Gasteiger partial charge in [-0.3, -0.25) is 10.1 Å². The van der Waals surface area contributed by atoms with Crippen LogP contribution in [0.15, 0.2) is 36.4 Å². The lowest BCUT2D eigenvalue weighted by atomic mass is 10.1. The minimum atomic E-state index is -0.301. The molecule has 0 bridgehead atoms. The molecule has 128 valence electrons. The molecule has 0 atom stereocenters. The van der Waals surface area contributed by atoms with Gasteiger partial charge in [0.25, 0.3) is 5.91 Å². The summed E-state index contributed by atoms with van der Waals surface area (Å²) in [5.74, 6) is 0.313. The number of nitrogens with one attached hydrogen (secondary N) is 2. The summed E-state index contributed by atoms with van der Waals surface area (Å²) in [5.41, 5.74) is 3.72. The van der Waals surface area contributed by atoms with E-state index in [4.69, 9.17) is 17.0 Å². The number of carbonyl (C=O) groups excluding carboxylic acids is 1. The monoisotopic (exact) mass is 371 g/mol. The van der Waals surface area contributed by atoms with Crippen molar-refractivity contribution in [2.45, 2.75) is 13.8 Å². The molecule has 1 aromatic heterocycles. The van der Waals surface area contributed by atoms with Crippen molar-refractivity contribution in [2.24, 2.45) is 0 Å². The number of amides is 1. The molecule has 1 heterocycles. The van der Waals surface area contributed by atoms with Gasteiger partial charge in [-0.05, 0) is 61.5 Å². The molecule has 0 radical (unpaired) electrons. The number of rotatable bonds is 3. The molecule has 0 fully saturated rings. The molecular weight excluding hydrogens is 354 g/mol. The first kappa shape index (κ1) is 17.3. The van der Waals surface area contributed by atoms with Gasteiger partial charge >= 0.3 is 0 Å². The molecule has 0 spiro atoms. The summed E-state index contributed by atoms with van der Waals surface area (Å²) in [6.45, 7) is 4.08. The average molecular weight is 371 g/mol. The first-order chi connectivity index (χ1) is 12.0. The van der Waals surface area contributed by atoms with Gasteiger partial charge < -0.3 is 10.1 Å². The summed E-state index contributed by atoms with van der Waals surface area (Å²) in [5, 5.41) is 6.50. The van der Waals surface area contributed by atoms with Crippen LogP contribution < -0.4 is 15.4 Å². The van der Waals surface area contributed by atoms with E-state index in [2.05, 4.69) is 34.7 Å². The van der Waals surface area contributed by atoms with Gasteiger partial charge in [0.1, 0.15) is 5.75 Å². The molecule has 1 amide bonds. The SMILES string of the molecule is COc1cccc(C(=O)NC(=S)Nc2nc3c(C)cc(C)cc3s2)c1. The average Bonchev–Trinajstić information content (AvgIpc) is 2.97. The first-order valence-electron chi connectivity index (χ1n) is 7.60. The lowest BCUT2D eigenvalue weighted by molar-refractivity contribution is 0.0977. The highest BCUT2D eigenvalue weighted by Gasteiger charge is 2.12. The molecule has 2 N–H and O–H groups in total. The Bertz CT molecular complexity index is 966. The number of aryl methyl sites for hydroxylation is 2. The number of ether oxygens (including phenoxy) is 1. The van der Waals surface area contributed by atoms with Crippen LogP contribution in [0, 0.1) is 13.8 Å². The van der Waals surface area contributed by atoms with E-state index < -0.39 is 0 Å². The minimum Gasteiger partial charge on any atom is -0.497 e. The Morgan fingerprint density at radius 2 is 2.04 bits per heavy atom. The number of methoxy groups -OCH3 is 1. The van der Waals surface area contributed by atoms with E-state index in [1.54, 1.807) is 31.4 Å². The topological polar surface area (TPSA) is 63.2 Å². The number of anilines is 1. The van der Waals surface area contributed by atoms with Gasteiger partial charge in [-0.15, -0.1) is 0 Å². The Kier molecular flexibility index (Phi) is 4.96. The molecule has 2 aromatic carbocycles. The molecular formula is C18H17N3O2S2. The Morgan fingerprint density at radius 3 is 2.80 bits per heavy atom. The van der Waals surface area contributed by atoms with E-state index >= 15 is 0 Å². The van der Waals surface area contributed by atoms with Crippen molar-refractivity contribution in [3.8, 4) is 5.75 Å². The maximum atomic E-state index is 12.3. The zero-order valence-electron chi connectivity index (χ0n) is 14.0. The largest absolute Gasteiger partial charge is 0.497 e. The third-order valence-electron chi connectivity index (χ3n) is 3.61. The molecule has 0 aliphatic carbocycles. The van der Waals surface area contributed by atoms with Crippen molar-refractivity contribution < 1.29 is 9.53 Å². The van der Waals surface area contributed by atoms with Crippen LogP contribution in [0.3, 0.4) is 0 Å².